The van der Waals surface area contributed by atoms with Crippen LogP contribution in [0.5, 0.6) is 0 Å². The molecule has 0 bridgehead atoms. The minimum Gasteiger partial charge on any atom is -0.412 e. The van der Waals surface area contributed by atoms with Gasteiger partial charge in [0.1, 0.15) is 20.1 Å². The SMILES string of the molecule is O.O.[O-][I+3]([O-])([O-])[O-]. The van der Waals surface area contributed by atoms with Crippen LogP contribution in [-0.4, -0.2) is 11.0 Å². The zero-order valence-electron chi connectivity index (χ0n) is 3.01. The molecule has 0 saturated heterocycles. The van der Waals surface area contributed by atoms with Crippen LogP contribution in [0, 0.1) is 0 Å². The molecule has 0 aliphatic rings. The molecule has 0 atom stereocenters. The average Bonchev–Trinajstić information content (AvgIpc) is 0.722. The lowest BCUT2D eigenvalue weighted by atomic mass is 16.0. The lowest BCUT2D eigenvalue weighted by Gasteiger charge is -2.08. The van der Waals surface area contributed by atoms with E-state index >= 15 is 0 Å². The van der Waals surface area contributed by atoms with E-state index < -0.39 is 20.1 Å². The topological polar surface area (TPSA) is 155 Å². The van der Waals surface area contributed by atoms with Crippen LogP contribution in [-0.2, 0) is 0 Å². The smallest absolute Gasteiger partial charge is 0.144 e. The van der Waals surface area contributed by atoms with Gasteiger partial charge in [-0.2, -0.15) is 0 Å². The minimum atomic E-state index is -5.94. The first kappa shape index (κ1) is 15.6. The van der Waals surface area contributed by atoms with Crippen molar-refractivity contribution < 1.29 is 44.8 Å². The fourth-order valence-electron chi connectivity index (χ4n) is 0. The molecular weight excluding hydrogens is 223 g/mol. The summed E-state index contributed by atoms with van der Waals surface area (Å²) in [5, 5.41) is 0. The molecule has 0 heterocycles. The molecule has 0 spiro atoms. The van der Waals surface area contributed by atoms with E-state index in [2.05, 4.69) is 0 Å². The van der Waals surface area contributed by atoms with Gasteiger partial charge in [-0.3, -0.25) is 13.7 Å². The Labute approximate surface area is 45.4 Å². The monoisotopic (exact) mass is 227 g/mol. The molecule has 0 aromatic heterocycles. The van der Waals surface area contributed by atoms with Gasteiger partial charge in [0.2, 0.25) is 0 Å². The van der Waals surface area contributed by atoms with Gasteiger partial charge in [-0.25, -0.2) is 0 Å². The van der Waals surface area contributed by atoms with Gasteiger partial charge >= 0.3 is 0 Å². The van der Waals surface area contributed by atoms with Crippen LogP contribution in [0.15, 0.2) is 0 Å². The Morgan fingerprint density at radius 1 is 0.714 bits per heavy atom. The van der Waals surface area contributed by atoms with E-state index in [1.165, 1.54) is 0 Å². The Morgan fingerprint density at radius 2 is 0.714 bits per heavy atom. The largest absolute Gasteiger partial charge is 0.412 e. The average molecular weight is 227 g/mol. The van der Waals surface area contributed by atoms with Crippen LogP contribution in [0.4, 0.5) is 0 Å². The van der Waals surface area contributed by atoms with Gasteiger partial charge in [0, 0.05) is 0 Å². The fourth-order valence-corrected chi connectivity index (χ4v) is 0. The highest BCUT2D eigenvalue weighted by atomic mass is 127. The van der Waals surface area contributed by atoms with Crippen LogP contribution in [0.1, 0.15) is 0 Å². The molecule has 48 valence electrons. The summed E-state index contributed by atoms with van der Waals surface area (Å²) in [6.45, 7) is 0. The maximum Gasteiger partial charge on any atom is 0.144 e. The molecule has 0 saturated carbocycles. The highest BCUT2D eigenvalue weighted by molar-refractivity contribution is 2.00. The maximum atomic E-state index is 8.62. The van der Waals surface area contributed by atoms with Crippen molar-refractivity contribution in [3.8, 4) is 0 Å². The van der Waals surface area contributed by atoms with Crippen LogP contribution in [0.2, 0.25) is 0 Å². The van der Waals surface area contributed by atoms with Crippen LogP contribution >= 0.6 is 0 Å². The molecule has 0 aliphatic carbocycles. The van der Waals surface area contributed by atoms with Gasteiger partial charge < -0.3 is 11.0 Å². The molecule has 7 heteroatoms. The molecule has 4 N–H and O–H groups in total. The van der Waals surface area contributed by atoms with Crippen molar-refractivity contribution in [3.05, 3.63) is 0 Å². The summed E-state index contributed by atoms with van der Waals surface area (Å²) >= 11 is -5.94. The Kier molecular flexibility index (Phi) is 10.4. The fraction of sp³-hybridized carbons (Fsp3) is 0. The third-order valence-corrected chi connectivity index (χ3v) is 0. The van der Waals surface area contributed by atoms with Crippen molar-refractivity contribution in [2.75, 3.05) is 0 Å². The number of halogens is 1. The van der Waals surface area contributed by atoms with Crippen molar-refractivity contribution >= 4 is 0 Å². The molecule has 6 nitrogen and oxygen atoms in total. The maximum absolute atomic E-state index is 8.62. The van der Waals surface area contributed by atoms with E-state index in [9.17, 15) is 0 Å². The molecule has 7 heavy (non-hydrogen) atoms. The van der Waals surface area contributed by atoms with Crippen LogP contribution < -0.4 is 33.8 Å². The first-order valence-corrected chi connectivity index (χ1v) is 4.14. The highest BCUT2D eigenvalue weighted by Crippen LogP contribution is 0.104. The predicted octanol–water partition coefficient (Wildman–Crippen LogP) is -9.40. The van der Waals surface area contributed by atoms with E-state index in [0.717, 1.165) is 0 Å². The van der Waals surface area contributed by atoms with E-state index in [1.54, 1.807) is 0 Å². The first-order chi connectivity index (χ1) is 2.00. The van der Waals surface area contributed by atoms with Gasteiger partial charge in [0.05, 0.1) is 0 Å². The van der Waals surface area contributed by atoms with E-state index in [-0.39, 0.29) is 11.0 Å². The number of hydrogen-bond acceptors (Lipinski definition) is 4. The Hall–Kier alpha value is 0.490. The molecule has 0 rings (SSSR count). The molecule has 0 aromatic carbocycles. The molecule has 0 fully saturated rings. The van der Waals surface area contributed by atoms with Gasteiger partial charge in [-0.05, 0) is 0 Å². The predicted molar refractivity (Wildman–Crippen MR) is 7.23 cm³/mol. The van der Waals surface area contributed by atoms with E-state index in [0.29, 0.717) is 0 Å². The standard InChI is InChI=1S/IO4.2H2O/c2-1(3,4)5;;/h;2*1H2/q-1;;. The van der Waals surface area contributed by atoms with Gasteiger partial charge in [-0.15, -0.1) is 0 Å². The highest BCUT2D eigenvalue weighted by Gasteiger charge is 1.94. The van der Waals surface area contributed by atoms with Crippen LogP contribution in [0.3, 0.4) is 0 Å². The van der Waals surface area contributed by atoms with E-state index in [4.69, 9.17) is 13.7 Å². The molecule has 0 aliphatic heterocycles. The molecule has 0 unspecified atom stereocenters. The third kappa shape index (κ3) is 545. The molecule has 0 aromatic rings. The number of hydrogen-bond donors (Lipinski definition) is 0. The Balaban J connectivity index is -0.0000000800. The molecule has 0 amide bonds. The van der Waals surface area contributed by atoms with Gasteiger partial charge in [0.25, 0.3) is 0 Å². The minimum absolute atomic E-state index is 0. The van der Waals surface area contributed by atoms with Crippen molar-refractivity contribution in [1.29, 1.82) is 0 Å². The quantitative estimate of drug-likeness (QED) is 0.376. The number of rotatable bonds is 0. The second kappa shape index (κ2) is 4.64. The second-order valence-corrected chi connectivity index (χ2v) is 2.54. The summed E-state index contributed by atoms with van der Waals surface area (Å²) in [6, 6.07) is 0. The van der Waals surface area contributed by atoms with E-state index in [1.807, 2.05) is 0 Å². The third-order valence-electron chi connectivity index (χ3n) is 0. The summed E-state index contributed by atoms with van der Waals surface area (Å²) in [6.07, 6.45) is 0. The summed E-state index contributed by atoms with van der Waals surface area (Å²) in [5.41, 5.74) is 0. The first-order valence-electron chi connectivity index (χ1n) is 0.617. The zero-order valence-corrected chi connectivity index (χ0v) is 5.17. The summed E-state index contributed by atoms with van der Waals surface area (Å²) in [7, 11) is 0. The van der Waals surface area contributed by atoms with Crippen molar-refractivity contribution in [1.82, 2.24) is 0 Å². The normalized spacial score (nSPS) is 8.57. The van der Waals surface area contributed by atoms with Crippen LogP contribution in [0.25, 0.3) is 0 Å². The van der Waals surface area contributed by atoms with Gasteiger partial charge in [-0.1, -0.05) is 0 Å². The van der Waals surface area contributed by atoms with Crippen molar-refractivity contribution in [2.45, 2.75) is 0 Å². The Bertz CT molecular complexity index is 19.7. The summed E-state index contributed by atoms with van der Waals surface area (Å²) in [4.78, 5) is 0. The van der Waals surface area contributed by atoms with Crippen molar-refractivity contribution in [2.24, 2.45) is 0 Å². The molecular formula is H4IO6-. The lowest BCUT2D eigenvalue weighted by molar-refractivity contribution is -2.00. The zero-order chi connectivity index (χ0) is 4.50. The molecule has 0 radical (unpaired) electrons. The Morgan fingerprint density at radius 3 is 0.714 bits per heavy atom. The second-order valence-electron chi connectivity index (χ2n) is 0.378. The van der Waals surface area contributed by atoms with Gasteiger partial charge in [0.15, 0.2) is 0 Å². The van der Waals surface area contributed by atoms with Crippen molar-refractivity contribution in [3.63, 3.8) is 0 Å². The summed E-state index contributed by atoms with van der Waals surface area (Å²) in [5.74, 6) is 0. The lowest BCUT2D eigenvalue weighted by Crippen LogP contribution is -4.29. The summed E-state index contributed by atoms with van der Waals surface area (Å²) < 4.78 is 34.5.